The van der Waals surface area contributed by atoms with Crippen molar-refractivity contribution in [2.45, 2.75) is 31.6 Å². The van der Waals surface area contributed by atoms with Gasteiger partial charge in [-0.25, -0.2) is 4.99 Å². The number of hydrogen-bond donors (Lipinski definition) is 0. The summed E-state index contributed by atoms with van der Waals surface area (Å²) in [6, 6.07) is 4.46. The topological polar surface area (TPSA) is 12.4 Å². The maximum atomic E-state index is 4.80. The average Bonchev–Trinajstić information content (AvgIpc) is 2.20. The van der Waals surface area contributed by atoms with E-state index in [1.165, 1.54) is 38.9 Å². The third-order valence-corrected chi connectivity index (χ3v) is 4.74. The Morgan fingerprint density at radius 2 is 2.12 bits per heavy atom. The molecule has 16 heavy (non-hydrogen) atoms. The fourth-order valence-electron chi connectivity index (χ4n) is 1.94. The Balaban J connectivity index is 2.51. The van der Waals surface area contributed by atoms with Gasteiger partial charge < -0.3 is 0 Å². The monoisotopic (exact) mass is 251 g/mol. The first kappa shape index (κ1) is 12.1. The van der Waals surface area contributed by atoms with Crippen LogP contribution < -0.4 is 0 Å². The van der Waals surface area contributed by atoms with Gasteiger partial charge in [-0.3, -0.25) is 0 Å². The van der Waals surface area contributed by atoms with E-state index in [1.54, 1.807) is 11.8 Å². The van der Waals surface area contributed by atoms with Crippen LogP contribution in [-0.2, 0) is 0 Å². The summed E-state index contributed by atoms with van der Waals surface area (Å²) in [5.74, 6) is 1.20. The minimum Gasteiger partial charge on any atom is -0.245 e. The molecule has 1 aromatic carbocycles. The maximum Gasteiger partial charge on any atom is 0.0780 e. The van der Waals surface area contributed by atoms with Gasteiger partial charge in [-0.1, -0.05) is 6.07 Å². The first-order chi connectivity index (χ1) is 7.70. The van der Waals surface area contributed by atoms with Crippen molar-refractivity contribution in [2.75, 3.05) is 12.0 Å². The van der Waals surface area contributed by atoms with E-state index in [2.05, 4.69) is 32.2 Å². The molecule has 0 aromatic heterocycles. The van der Waals surface area contributed by atoms with Crippen LogP contribution in [0.4, 0.5) is 5.69 Å². The van der Waals surface area contributed by atoms with Gasteiger partial charge in [-0.05, 0) is 55.9 Å². The molecule has 0 bridgehead atoms. The quantitative estimate of drug-likeness (QED) is 0.669. The first-order valence-electron chi connectivity index (χ1n) is 5.56. The zero-order chi connectivity index (χ0) is 11.5. The average molecular weight is 251 g/mol. The number of aryl methyl sites for hydroxylation is 2. The summed E-state index contributed by atoms with van der Waals surface area (Å²) >= 11 is 3.74. The fourth-order valence-corrected chi connectivity index (χ4v) is 3.51. The van der Waals surface area contributed by atoms with Gasteiger partial charge in [-0.15, -0.1) is 23.5 Å². The van der Waals surface area contributed by atoms with E-state index in [-0.39, 0.29) is 0 Å². The largest absolute Gasteiger partial charge is 0.245 e. The molecule has 0 fully saturated rings. The van der Waals surface area contributed by atoms with Crippen molar-refractivity contribution in [2.24, 2.45) is 4.99 Å². The summed E-state index contributed by atoms with van der Waals surface area (Å²) < 4.78 is 0. The minimum atomic E-state index is 1.13. The number of rotatable bonds is 0. The van der Waals surface area contributed by atoms with Crippen LogP contribution in [-0.4, -0.2) is 17.1 Å². The van der Waals surface area contributed by atoms with Crippen molar-refractivity contribution >= 4 is 34.3 Å². The van der Waals surface area contributed by atoms with Gasteiger partial charge in [0.1, 0.15) is 0 Å². The highest BCUT2D eigenvalue weighted by Crippen LogP contribution is 2.37. The Hall–Kier alpha value is -0.410. The lowest BCUT2D eigenvalue weighted by Gasteiger charge is -2.15. The SMILES string of the molecule is CSC1=Nc2cc(C)cc(C)c2SCCC1. The van der Waals surface area contributed by atoms with Crippen molar-refractivity contribution < 1.29 is 0 Å². The first-order valence-corrected chi connectivity index (χ1v) is 7.77. The maximum absolute atomic E-state index is 4.80. The summed E-state index contributed by atoms with van der Waals surface area (Å²) in [5, 5.41) is 1.27. The zero-order valence-electron chi connectivity index (χ0n) is 10.0. The molecule has 0 atom stereocenters. The van der Waals surface area contributed by atoms with Crippen LogP contribution in [0.5, 0.6) is 0 Å². The third-order valence-electron chi connectivity index (χ3n) is 2.66. The van der Waals surface area contributed by atoms with Crippen molar-refractivity contribution in [1.82, 2.24) is 0 Å². The number of nitrogens with zero attached hydrogens (tertiary/aromatic N) is 1. The second kappa shape index (κ2) is 5.28. The van der Waals surface area contributed by atoms with Crippen molar-refractivity contribution in [3.8, 4) is 0 Å². The molecule has 3 heteroatoms. The zero-order valence-corrected chi connectivity index (χ0v) is 11.7. The van der Waals surface area contributed by atoms with Gasteiger partial charge in [0.15, 0.2) is 0 Å². The Morgan fingerprint density at radius 3 is 2.88 bits per heavy atom. The van der Waals surface area contributed by atoms with Crippen LogP contribution in [0, 0.1) is 13.8 Å². The molecule has 0 unspecified atom stereocenters. The third kappa shape index (κ3) is 2.64. The number of aliphatic imine (C=N–C) groups is 1. The standard InChI is InChI=1S/C13H17NS2/c1-9-7-10(2)13-11(8-9)14-12(15-3)5-4-6-16-13/h7-8H,4-6H2,1-3H3. The summed E-state index contributed by atoms with van der Waals surface area (Å²) in [7, 11) is 0. The highest BCUT2D eigenvalue weighted by Gasteiger charge is 2.11. The molecule has 0 spiro atoms. The predicted molar refractivity (Wildman–Crippen MR) is 76.5 cm³/mol. The molecule has 2 rings (SSSR count). The molecule has 1 aliphatic rings. The number of hydrogen-bond acceptors (Lipinski definition) is 3. The molecule has 0 radical (unpaired) electrons. The molecule has 0 amide bonds. The molecule has 0 aliphatic carbocycles. The molecule has 0 N–H and O–H groups in total. The van der Waals surface area contributed by atoms with E-state index in [0.717, 1.165) is 6.42 Å². The molecule has 1 nitrogen and oxygen atoms in total. The van der Waals surface area contributed by atoms with Crippen molar-refractivity contribution in [3.05, 3.63) is 23.3 Å². The molecular weight excluding hydrogens is 234 g/mol. The van der Waals surface area contributed by atoms with Crippen molar-refractivity contribution in [3.63, 3.8) is 0 Å². The highest BCUT2D eigenvalue weighted by molar-refractivity contribution is 8.13. The van der Waals surface area contributed by atoms with Gasteiger partial charge in [-0.2, -0.15) is 0 Å². The van der Waals surface area contributed by atoms with E-state index in [9.17, 15) is 0 Å². The van der Waals surface area contributed by atoms with Gasteiger partial charge in [0.05, 0.1) is 10.7 Å². The molecule has 0 saturated heterocycles. The van der Waals surface area contributed by atoms with E-state index >= 15 is 0 Å². The summed E-state index contributed by atoms with van der Waals surface area (Å²) in [6.45, 7) is 4.33. The number of benzene rings is 1. The second-order valence-electron chi connectivity index (χ2n) is 4.09. The van der Waals surface area contributed by atoms with E-state index in [4.69, 9.17) is 4.99 Å². The van der Waals surface area contributed by atoms with Crippen LogP contribution >= 0.6 is 23.5 Å². The number of fused-ring (bicyclic) bond motifs is 1. The van der Waals surface area contributed by atoms with Crippen LogP contribution in [0.25, 0.3) is 0 Å². The minimum absolute atomic E-state index is 1.13. The lowest BCUT2D eigenvalue weighted by Crippen LogP contribution is -1.97. The number of thioether (sulfide) groups is 2. The molecular formula is C13H17NS2. The van der Waals surface area contributed by atoms with E-state index < -0.39 is 0 Å². The summed E-state index contributed by atoms with van der Waals surface area (Å²) in [6.07, 6.45) is 4.48. The smallest absolute Gasteiger partial charge is 0.0780 e. The molecule has 86 valence electrons. The molecule has 1 heterocycles. The normalized spacial score (nSPS) is 16.1. The van der Waals surface area contributed by atoms with Crippen LogP contribution in [0.15, 0.2) is 22.0 Å². The van der Waals surface area contributed by atoms with Gasteiger partial charge in [0, 0.05) is 4.90 Å². The Kier molecular flexibility index (Phi) is 3.98. The second-order valence-corrected chi connectivity index (χ2v) is 6.08. The molecule has 1 aromatic rings. The van der Waals surface area contributed by atoms with Gasteiger partial charge in [0.25, 0.3) is 0 Å². The van der Waals surface area contributed by atoms with Crippen LogP contribution in [0.1, 0.15) is 24.0 Å². The summed E-state index contributed by atoms with van der Waals surface area (Å²) in [4.78, 5) is 6.17. The Morgan fingerprint density at radius 1 is 1.31 bits per heavy atom. The molecule has 0 saturated carbocycles. The lowest BCUT2D eigenvalue weighted by molar-refractivity contribution is 1.01. The fraction of sp³-hybridized carbons (Fsp3) is 0.462. The predicted octanol–water partition coefficient (Wildman–Crippen LogP) is 4.58. The van der Waals surface area contributed by atoms with E-state index in [1.807, 2.05) is 11.8 Å². The van der Waals surface area contributed by atoms with Crippen molar-refractivity contribution in [1.29, 1.82) is 0 Å². The van der Waals surface area contributed by atoms with E-state index in [0.29, 0.717) is 0 Å². The Labute approximate surface area is 106 Å². The molecule has 1 aliphatic heterocycles. The van der Waals surface area contributed by atoms with Gasteiger partial charge in [0.2, 0.25) is 0 Å². The van der Waals surface area contributed by atoms with Gasteiger partial charge >= 0.3 is 0 Å². The highest BCUT2D eigenvalue weighted by atomic mass is 32.2. The Bertz CT molecular complexity index is 424. The summed E-state index contributed by atoms with van der Waals surface area (Å²) in [5.41, 5.74) is 3.85. The lowest BCUT2D eigenvalue weighted by atomic mass is 10.1. The van der Waals surface area contributed by atoms with Crippen LogP contribution in [0.2, 0.25) is 0 Å². The van der Waals surface area contributed by atoms with Crippen LogP contribution in [0.3, 0.4) is 0 Å².